The van der Waals surface area contributed by atoms with Gasteiger partial charge in [-0.2, -0.15) is 0 Å². The molecule has 98 valence electrons. The molecule has 0 saturated carbocycles. The first kappa shape index (κ1) is 14.5. The first-order chi connectivity index (χ1) is 8.63. The Bertz CT molecular complexity index is 431. The summed E-state index contributed by atoms with van der Waals surface area (Å²) < 4.78 is 15.1. The van der Waals surface area contributed by atoms with Gasteiger partial charge in [0.25, 0.3) is 0 Å². The third-order valence-corrected chi connectivity index (χ3v) is 2.56. The van der Waals surface area contributed by atoms with Crippen LogP contribution in [0.4, 0.5) is 0 Å². The van der Waals surface area contributed by atoms with Gasteiger partial charge < -0.3 is 14.2 Å². The number of hydrogen-bond acceptors (Lipinski definition) is 4. The van der Waals surface area contributed by atoms with E-state index >= 15 is 0 Å². The van der Waals surface area contributed by atoms with Crippen LogP contribution in [-0.4, -0.2) is 26.8 Å². The summed E-state index contributed by atoms with van der Waals surface area (Å²) in [5.41, 5.74) is 0.611. The predicted molar refractivity (Wildman–Crippen MR) is 68.9 cm³/mol. The highest BCUT2D eigenvalue weighted by Crippen LogP contribution is 2.29. The first-order valence-corrected chi connectivity index (χ1v) is 5.65. The monoisotopic (exact) mass is 270 g/mol. The van der Waals surface area contributed by atoms with Crippen LogP contribution in [0.25, 0.3) is 0 Å². The first-order valence-electron chi connectivity index (χ1n) is 5.27. The zero-order valence-electron chi connectivity index (χ0n) is 10.3. The molecule has 0 aliphatic rings. The third-order valence-electron chi connectivity index (χ3n) is 2.27. The Kier molecular flexibility index (Phi) is 5.68. The van der Waals surface area contributed by atoms with Crippen molar-refractivity contribution in [2.45, 2.75) is 6.10 Å². The molecule has 0 heterocycles. The number of ether oxygens (including phenoxy) is 3. The van der Waals surface area contributed by atoms with Crippen molar-refractivity contribution >= 4 is 17.6 Å². The lowest BCUT2D eigenvalue weighted by atomic mass is 10.1. The molecule has 18 heavy (non-hydrogen) atoms. The topological polar surface area (TPSA) is 44.8 Å². The summed E-state index contributed by atoms with van der Waals surface area (Å²) in [4.78, 5) is 11.5. The van der Waals surface area contributed by atoms with Crippen LogP contribution in [0.5, 0.6) is 5.75 Å². The van der Waals surface area contributed by atoms with Crippen LogP contribution >= 0.6 is 11.6 Å². The summed E-state index contributed by atoms with van der Waals surface area (Å²) >= 11 is 6.05. The zero-order chi connectivity index (χ0) is 13.5. The van der Waals surface area contributed by atoms with Crippen LogP contribution in [0.2, 0.25) is 5.02 Å². The molecule has 1 atom stereocenters. The molecule has 1 rings (SSSR count). The van der Waals surface area contributed by atoms with Crippen molar-refractivity contribution in [3.63, 3.8) is 0 Å². The van der Waals surface area contributed by atoms with E-state index < -0.39 is 12.1 Å². The zero-order valence-corrected chi connectivity index (χ0v) is 11.1. The SMILES string of the molecule is C=CCOc1ccc(C(OC)C(=O)OC)cc1Cl. The molecule has 4 nitrogen and oxygen atoms in total. The lowest BCUT2D eigenvalue weighted by Crippen LogP contribution is -2.16. The lowest BCUT2D eigenvalue weighted by Gasteiger charge is -2.14. The number of hydrogen-bond donors (Lipinski definition) is 0. The van der Waals surface area contributed by atoms with Crippen LogP contribution in [0.3, 0.4) is 0 Å². The molecule has 0 radical (unpaired) electrons. The molecular weight excluding hydrogens is 256 g/mol. The second kappa shape index (κ2) is 7.03. The number of rotatable bonds is 6. The largest absolute Gasteiger partial charge is 0.488 e. The maximum atomic E-state index is 11.5. The molecule has 0 saturated heterocycles. The van der Waals surface area contributed by atoms with Crippen LogP contribution < -0.4 is 4.74 Å². The Morgan fingerprint density at radius 2 is 2.22 bits per heavy atom. The molecule has 0 N–H and O–H groups in total. The van der Waals surface area contributed by atoms with E-state index in [-0.39, 0.29) is 0 Å². The second-order valence-electron chi connectivity index (χ2n) is 3.43. The average molecular weight is 271 g/mol. The molecule has 0 aromatic heterocycles. The van der Waals surface area contributed by atoms with Gasteiger partial charge in [-0.3, -0.25) is 0 Å². The normalized spacial score (nSPS) is 11.7. The van der Waals surface area contributed by atoms with E-state index in [1.54, 1.807) is 24.3 Å². The minimum atomic E-state index is -0.791. The average Bonchev–Trinajstić information content (AvgIpc) is 2.38. The molecular formula is C13H15ClO4. The Morgan fingerprint density at radius 3 is 2.72 bits per heavy atom. The van der Waals surface area contributed by atoms with Crippen molar-refractivity contribution < 1.29 is 19.0 Å². The van der Waals surface area contributed by atoms with Gasteiger partial charge in [0.1, 0.15) is 12.4 Å². The van der Waals surface area contributed by atoms with Crippen molar-refractivity contribution in [3.05, 3.63) is 41.4 Å². The van der Waals surface area contributed by atoms with Gasteiger partial charge in [0, 0.05) is 7.11 Å². The minimum Gasteiger partial charge on any atom is -0.488 e. The summed E-state index contributed by atoms with van der Waals surface area (Å²) in [6, 6.07) is 5.00. The standard InChI is InChI=1S/C13H15ClO4/c1-4-7-18-11-6-5-9(8-10(11)14)12(16-2)13(15)17-3/h4-6,8,12H,1,7H2,2-3H3. The van der Waals surface area contributed by atoms with Crippen molar-refractivity contribution in [2.75, 3.05) is 20.8 Å². The molecule has 1 unspecified atom stereocenters. The summed E-state index contributed by atoms with van der Waals surface area (Å²) in [7, 11) is 2.73. The molecule has 1 aromatic carbocycles. The Labute approximate surface area is 111 Å². The van der Waals surface area contributed by atoms with Crippen LogP contribution in [-0.2, 0) is 14.3 Å². The number of halogens is 1. The van der Waals surface area contributed by atoms with Gasteiger partial charge in [-0.15, -0.1) is 0 Å². The molecule has 0 amide bonds. The molecule has 0 aliphatic heterocycles. The quantitative estimate of drug-likeness (QED) is 0.589. The van der Waals surface area contributed by atoms with E-state index in [9.17, 15) is 4.79 Å². The van der Waals surface area contributed by atoms with Gasteiger partial charge in [0.15, 0.2) is 6.10 Å². The molecule has 0 fully saturated rings. The van der Waals surface area contributed by atoms with E-state index in [1.807, 2.05) is 0 Å². The number of carbonyl (C=O) groups excluding carboxylic acids is 1. The van der Waals surface area contributed by atoms with Crippen LogP contribution in [0, 0.1) is 0 Å². The lowest BCUT2D eigenvalue weighted by molar-refractivity contribution is -0.152. The van der Waals surface area contributed by atoms with E-state index in [1.165, 1.54) is 14.2 Å². The maximum absolute atomic E-state index is 11.5. The summed E-state index contributed by atoms with van der Waals surface area (Å²) in [6.45, 7) is 3.91. The van der Waals surface area contributed by atoms with E-state index in [2.05, 4.69) is 11.3 Å². The highest BCUT2D eigenvalue weighted by molar-refractivity contribution is 6.32. The van der Waals surface area contributed by atoms with E-state index in [0.29, 0.717) is 22.9 Å². The van der Waals surface area contributed by atoms with Crippen molar-refractivity contribution in [1.82, 2.24) is 0 Å². The summed E-state index contributed by atoms with van der Waals surface area (Å²) in [5.74, 6) is 0.0494. The van der Waals surface area contributed by atoms with Gasteiger partial charge >= 0.3 is 5.97 Å². The number of carbonyl (C=O) groups is 1. The number of esters is 1. The van der Waals surface area contributed by atoms with Gasteiger partial charge in [-0.25, -0.2) is 4.79 Å². The fourth-order valence-electron chi connectivity index (χ4n) is 1.42. The molecule has 0 bridgehead atoms. The fourth-order valence-corrected chi connectivity index (χ4v) is 1.66. The van der Waals surface area contributed by atoms with Crippen LogP contribution in [0.15, 0.2) is 30.9 Å². The highest BCUT2D eigenvalue weighted by Gasteiger charge is 2.21. The predicted octanol–water partition coefficient (Wildman–Crippen LogP) is 2.77. The molecule has 1 aromatic rings. The molecule has 5 heteroatoms. The highest BCUT2D eigenvalue weighted by atomic mass is 35.5. The fraction of sp³-hybridized carbons (Fsp3) is 0.308. The Hall–Kier alpha value is -1.52. The van der Waals surface area contributed by atoms with Crippen molar-refractivity contribution in [3.8, 4) is 5.75 Å². The van der Waals surface area contributed by atoms with Gasteiger partial charge in [-0.05, 0) is 17.7 Å². The number of methoxy groups -OCH3 is 2. The minimum absolute atomic E-state index is 0.365. The van der Waals surface area contributed by atoms with Crippen LogP contribution in [0.1, 0.15) is 11.7 Å². The van der Waals surface area contributed by atoms with Gasteiger partial charge in [-0.1, -0.05) is 30.3 Å². The smallest absolute Gasteiger partial charge is 0.339 e. The van der Waals surface area contributed by atoms with Gasteiger partial charge in [0.2, 0.25) is 0 Å². The van der Waals surface area contributed by atoms with E-state index in [4.69, 9.17) is 21.1 Å². The number of benzene rings is 1. The maximum Gasteiger partial charge on any atom is 0.339 e. The van der Waals surface area contributed by atoms with Gasteiger partial charge in [0.05, 0.1) is 12.1 Å². The Balaban J connectivity index is 2.94. The molecule has 0 spiro atoms. The van der Waals surface area contributed by atoms with Crippen molar-refractivity contribution in [1.29, 1.82) is 0 Å². The molecule has 0 aliphatic carbocycles. The summed E-state index contributed by atoms with van der Waals surface area (Å²) in [5, 5.41) is 0.403. The van der Waals surface area contributed by atoms with Crippen molar-refractivity contribution in [2.24, 2.45) is 0 Å². The third kappa shape index (κ3) is 3.48. The second-order valence-corrected chi connectivity index (χ2v) is 3.84. The summed E-state index contributed by atoms with van der Waals surface area (Å²) in [6.07, 6.45) is 0.831. The van der Waals surface area contributed by atoms with E-state index in [0.717, 1.165) is 0 Å². The Morgan fingerprint density at radius 1 is 1.50 bits per heavy atom.